The summed E-state index contributed by atoms with van der Waals surface area (Å²) in [7, 11) is 0. The molecule has 10 heteroatoms. The third kappa shape index (κ3) is 3.48. The highest BCUT2D eigenvalue weighted by Crippen LogP contribution is 2.39. The Morgan fingerprint density at radius 3 is 3.00 bits per heavy atom. The van der Waals surface area contributed by atoms with E-state index in [2.05, 4.69) is 34.2 Å². The summed E-state index contributed by atoms with van der Waals surface area (Å²) in [5.41, 5.74) is 1.59. The second-order valence-electron chi connectivity index (χ2n) is 7.33. The molecule has 28 heavy (non-hydrogen) atoms. The average Bonchev–Trinajstić information content (AvgIpc) is 3.22. The smallest absolute Gasteiger partial charge is 0.291 e. The first-order valence-electron chi connectivity index (χ1n) is 9.18. The lowest BCUT2D eigenvalue weighted by molar-refractivity contribution is -0.0379. The number of amides is 1. The monoisotopic (exact) mass is 405 g/mol. The first kappa shape index (κ1) is 19.2. The fraction of sp³-hybridized carbons (Fsp3) is 0.556. The number of aromatic nitrogens is 4. The molecule has 0 fully saturated rings. The van der Waals surface area contributed by atoms with Crippen LogP contribution in [0.2, 0.25) is 0 Å². The molecule has 0 atom stereocenters. The van der Waals surface area contributed by atoms with Crippen LogP contribution in [-0.4, -0.2) is 62.6 Å². The van der Waals surface area contributed by atoms with Crippen LogP contribution in [0.4, 0.5) is 0 Å². The minimum Gasteiger partial charge on any atom is -0.394 e. The molecular formula is C18H23N5O4S. The molecule has 0 saturated carbocycles. The van der Waals surface area contributed by atoms with Gasteiger partial charge in [-0.25, -0.2) is 9.97 Å². The molecule has 0 bridgehead atoms. The van der Waals surface area contributed by atoms with Crippen molar-refractivity contribution in [1.29, 1.82) is 0 Å². The SMILES string of the molecule is Cc1nc2sc3c(c2c2nc(C(=O)NCCOCCO)nn12)CC(C)(C)OC3. The number of nitrogens with zero attached hydrogens (tertiary/aromatic N) is 4. The summed E-state index contributed by atoms with van der Waals surface area (Å²) < 4.78 is 12.7. The van der Waals surface area contributed by atoms with Crippen molar-refractivity contribution >= 4 is 33.1 Å². The van der Waals surface area contributed by atoms with Crippen LogP contribution >= 0.6 is 11.3 Å². The van der Waals surface area contributed by atoms with Crippen molar-refractivity contribution in [2.45, 2.75) is 39.4 Å². The molecule has 1 amide bonds. The van der Waals surface area contributed by atoms with Gasteiger partial charge in [-0.3, -0.25) is 4.79 Å². The van der Waals surface area contributed by atoms with Crippen molar-refractivity contribution in [3.63, 3.8) is 0 Å². The number of nitrogens with one attached hydrogen (secondary N) is 1. The summed E-state index contributed by atoms with van der Waals surface area (Å²) in [5.74, 6) is 0.418. The largest absolute Gasteiger partial charge is 0.394 e. The second-order valence-corrected chi connectivity index (χ2v) is 8.41. The molecule has 0 saturated heterocycles. The standard InChI is InChI=1S/C18H23N5O4S/c1-10-20-17-13(11-8-18(2,3)27-9-12(11)28-17)15-21-14(22-23(10)15)16(25)19-4-6-26-7-5-24/h24H,4-9H2,1-3H3,(H,19,25). The predicted molar refractivity (Wildman–Crippen MR) is 104 cm³/mol. The van der Waals surface area contributed by atoms with Gasteiger partial charge >= 0.3 is 0 Å². The summed E-state index contributed by atoms with van der Waals surface area (Å²) in [6.45, 7) is 7.39. The van der Waals surface area contributed by atoms with Gasteiger partial charge in [0.1, 0.15) is 10.7 Å². The normalized spacial score (nSPS) is 15.9. The topological polar surface area (TPSA) is 111 Å². The van der Waals surface area contributed by atoms with Crippen LogP contribution in [0.25, 0.3) is 15.9 Å². The third-order valence-electron chi connectivity index (χ3n) is 4.64. The number of rotatable bonds is 6. The number of aryl methyl sites for hydroxylation is 1. The Balaban J connectivity index is 1.68. The van der Waals surface area contributed by atoms with Crippen LogP contribution < -0.4 is 5.32 Å². The minimum atomic E-state index is -0.364. The van der Waals surface area contributed by atoms with E-state index in [4.69, 9.17) is 14.6 Å². The molecule has 150 valence electrons. The number of aliphatic hydroxyl groups excluding tert-OH is 1. The fourth-order valence-corrected chi connectivity index (χ4v) is 4.46. The molecule has 0 unspecified atom stereocenters. The fourth-order valence-electron chi connectivity index (χ4n) is 3.32. The molecular weight excluding hydrogens is 382 g/mol. The van der Waals surface area contributed by atoms with Gasteiger partial charge in [-0.15, -0.1) is 16.4 Å². The van der Waals surface area contributed by atoms with Gasteiger partial charge in [0.05, 0.1) is 37.4 Å². The van der Waals surface area contributed by atoms with Gasteiger partial charge in [-0.2, -0.15) is 4.52 Å². The lowest BCUT2D eigenvalue weighted by Crippen LogP contribution is -2.31. The number of hydrogen-bond acceptors (Lipinski definition) is 8. The van der Waals surface area contributed by atoms with Crippen molar-refractivity contribution < 1.29 is 19.4 Å². The molecule has 9 nitrogen and oxygen atoms in total. The van der Waals surface area contributed by atoms with Crippen molar-refractivity contribution in [2.24, 2.45) is 0 Å². The van der Waals surface area contributed by atoms with E-state index in [9.17, 15) is 4.79 Å². The van der Waals surface area contributed by atoms with E-state index in [0.717, 1.165) is 21.5 Å². The van der Waals surface area contributed by atoms with Crippen molar-refractivity contribution in [3.05, 3.63) is 22.1 Å². The van der Waals surface area contributed by atoms with E-state index < -0.39 is 0 Å². The average molecular weight is 405 g/mol. The maximum Gasteiger partial charge on any atom is 0.291 e. The molecule has 0 radical (unpaired) electrons. The Morgan fingerprint density at radius 2 is 2.21 bits per heavy atom. The number of carbonyl (C=O) groups excluding carboxylic acids is 1. The Morgan fingerprint density at radius 1 is 1.39 bits per heavy atom. The van der Waals surface area contributed by atoms with Crippen molar-refractivity contribution in [3.8, 4) is 0 Å². The maximum atomic E-state index is 12.4. The van der Waals surface area contributed by atoms with Crippen molar-refractivity contribution in [2.75, 3.05) is 26.4 Å². The quantitative estimate of drug-likeness (QED) is 0.594. The number of carbonyl (C=O) groups is 1. The van der Waals surface area contributed by atoms with E-state index in [1.807, 2.05) is 6.92 Å². The number of fused-ring (bicyclic) bond motifs is 5. The van der Waals surface area contributed by atoms with Crippen LogP contribution in [0.15, 0.2) is 0 Å². The molecule has 3 aromatic rings. The van der Waals surface area contributed by atoms with Crippen molar-refractivity contribution in [1.82, 2.24) is 24.9 Å². The molecule has 0 aliphatic carbocycles. The lowest BCUT2D eigenvalue weighted by atomic mass is 9.94. The Hall–Kier alpha value is -2.14. The summed E-state index contributed by atoms with van der Waals surface area (Å²) in [6, 6.07) is 0. The van der Waals surface area contributed by atoms with Crippen LogP contribution in [0.1, 0.15) is 40.7 Å². The van der Waals surface area contributed by atoms with E-state index in [1.54, 1.807) is 15.9 Å². The summed E-state index contributed by atoms with van der Waals surface area (Å²) in [6.07, 6.45) is 0.763. The highest BCUT2D eigenvalue weighted by molar-refractivity contribution is 7.19. The predicted octanol–water partition coefficient (Wildman–Crippen LogP) is 1.24. The minimum absolute atomic E-state index is 0.0446. The van der Waals surface area contributed by atoms with Crippen LogP contribution in [0, 0.1) is 6.92 Å². The summed E-state index contributed by atoms with van der Waals surface area (Å²) in [4.78, 5) is 23.7. The number of aliphatic hydroxyl groups is 1. The number of thiophene rings is 1. The number of ether oxygens (including phenoxy) is 2. The third-order valence-corrected chi connectivity index (χ3v) is 5.74. The molecule has 0 aromatic carbocycles. The zero-order chi connectivity index (χ0) is 19.9. The number of hydrogen-bond donors (Lipinski definition) is 2. The zero-order valence-electron chi connectivity index (χ0n) is 16.1. The van der Waals surface area contributed by atoms with E-state index >= 15 is 0 Å². The van der Waals surface area contributed by atoms with E-state index in [1.165, 1.54) is 5.56 Å². The Labute approximate surface area is 165 Å². The highest BCUT2D eigenvalue weighted by Gasteiger charge is 2.31. The molecule has 0 spiro atoms. The first-order chi connectivity index (χ1) is 13.4. The first-order valence-corrected chi connectivity index (χ1v) is 9.99. The molecule has 3 aromatic heterocycles. The molecule has 1 aliphatic rings. The van der Waals surface area contributed by atoms with E-state index in [0.29, 0.717) is 31.2 Å². The van der Waals surface area contributed by atoms with Crippen LogP contribution in [0.5, 0.6) is 0 Å². The van der Waals surface area contributed by atoms with Gasteiger partial charge in [0, 0.05) is 17.8 Å². The zero-order valence-corrected chi connectivity index (χ0v) is 16.9. The maximum absolute atomic E-state index is 12.4. The van der Waals surface area contributed by atoms with E-state index in [-0.39, 0.29) is 30.5 Å². The van der Waals surface area contributed by atoms with Crippen LogP contribution in [-0.2, 0) is 22.5 Å². The van der Waals surface area contributed by atoms with Gasteiger partial charge in [-0.05, 0) is 26.3 Å². The molecule has 2 N–H and O–H groups in total. The van der Waals surface area contributed by atoms with Gasteiger partial charge in [0.15, 0.2) is 5.65 Å². The molecule has 4 heterocycles. The van der Waals surface area contributed by atoms with Gasteiger partial charge < -0.3 is 19.9 Å². The van der Waals surface area contributed by atoms with Gasteiger partial charge in [0.2, 0.25) is 5.82 Å². The van der Waals surface area contributed by atoms with Crippen LogP contribution in [0.3, 0.4) is 0 Å². The Kier molecular flexibility index (Phi) is 5.04. The molecule has 4 rings (SSSR count). The van der Waals surface area contributed by atoms with Gasteiger partial charge in [-0.1, -0.05) is 0 Å². The second kappa shape index (κ2) is 7.36. The Bertz CT molecular complexity index is 1040. The highest BCUT2D eigenvalue weighted by atomic mass is 32.1. The van der Waals surface area contributed by atoms with Gasteiger partial charge in [0.25, 0.3) is 5.91 Å². The lowest BCUT2D eigenvalue weighted by Gasteiger charge is -2.30. The molecule has 1 aliphatic heterocycles. The summed E-state index contributed by atoms with van der Waals surface area (Å²) in [5, 5.41) is 16.8. The summed E-state index contributed by atoms with van der Waals surface area (Å²) >= 11 is 1.61.